The summed E-state index contributed by atoms with van der Waals surface area (Å²) in [5.74, 6) is -0.220. The van der Waals surface area contributed by atoms with Gasteiger partial charge in [-0.2, -0.15) is 0 Å². The molecule has 2 rings (SSSR count). The monoisotopic (exact) mass is 238 g/mol. The lowest BCUT2D eigenvalue weighted by Gasteiger charge is -2.13. The highest BCUT2D eigenvalue weighted by Crippen LogP contribution is 2.38. The Morgan fingerprint density at radius 1 is 1.41 bits per heavy atom. The summed E-state index contributed by atoms with van der Waals surface area (Å²) in [7, 11) is 2.96. The van der Waals surface area contributed by atoms with Gasteiger partial charge in [0, 0.05) is 20.1 Å². The highest BCUT2D eigenvalue weighted by atomic mass is 16.7. The van der Waals surface area contributed by atoms with Crippen molar-refractivity contribution < 1.29 is 19.4 Å². The summed E-state index contributed by atoms with van der Waals surface area (Å²) >= 11 is 0. The standard InChI is InChI=1S/C11H14N2O4/c1-16-11(17-2)8-5-7(10(14)15)12-9(13-8)6-3-4-6/h5-6,11H,3-4H2,1-2H3,(H,14,15). The Labute approximate surface area is 98.6 Å². The topological polar surface area (TPSA) is 81.5 Å². The molecule has 1 heterocycles. The minimum absolute atomic E-state index is 0.0176. The molecule has 0 aromatic carbocycles. The maximum Gasteiger partial charge on any atom is 0.354 e. The van der Waals surface area contributed by atoms with Gasteiger partial charge in [-0.3, -0.25) is 0 Å². The van der Waals surface area contributed by atoms with E-state index >= 15 is 0 Å². The van der Waals surface area contributed by atoms with E-state index in [1.54, 1.807) is 0 Å². The Hall–Kier alpha value is -1.53. The highest BCUT2D eigenvalue weighted by Gasteiger charge is 2.29. The third-order valence-electron chi connectivity index (χ3n) is 2.59. The van der Waals surface area contributed by atoms with Crippen LogP contribution < -0.4 is 0 Å². The summed E-state index contributed by atoms with van der Waals surface area (Å²) < 4.78 is 10.1. The average Bonchev–Trinajstić information content (AvgIpc) is 3.14. The first-order valence-corrected chi connectivity index (χ1v) is 5.33. The van der Waals surface area contributed by atoms with Crippen LogP contribution >= 0.6 is 0 Å². The number of carboxylic acid groups (broad SMARTS) is 1. The maximum atomic E-state index is 11.0. The molecule has 1 aromatic rings. The number of carbonyl (C=O) groups is 1. The molecule has 0 saturated heterocycles. The molecule has 1 fully saturated rings. The van der Waals surface area contributed by atoms with Gasteiger partial charge in [0.1, 0.15) is 11.5 Å². The average molecular weight is 238 g/mol. The third kappa shape index (κ3) is 2.59. The summed E-state index contributed by atoms with van der Waals surface area (Å²) in [4.78, 5) is 19.3. The van der Waals surface area contributed by atoms with Crippen LogP contribution in [0.1, 0.15) is 47.1 Å². The van der Waals surface area contributed by atoms with E-state index in [0.29, 0.717) is 11.5 Å². The van der Waals surface area contributed by atoms with Crippen molar-refractivity contribution in [2.24, 2.45) is 0 Å². The molecule has 0 radical (unpaired) electrons. The summed E-state index contributed by atoms with van der Waals surface area (Å²) in [6.07, 6.45) is 1.36. The highest BCUT2D eigenvalue weighted by molar-refractivity contribution is 5.85. The van der Waals surface area contributed by atoms with E-state index in [2.05, 4.69) is 9.97 Å². The predicted molar refractivity (Wildman–Crippen MR) is 57.7 cm³/mol. The first-order valence-electron chi connectivity index (χ1n) is 5.33. The van der Waals surface area contributed by atoms with E-state index in [1.807, 2.05) is 0 Å². The Morgan fingerprint density at radius 3 is 2.53 bits per heavy atom. The van der Waals surface area contributed by atoms with E-state index in [9.17, 15) is 4.79 Å². The van der Waals surface area contributed by atoms with Gasteiger partial charge in [0.2, 0.25) is 6.29 Å². The van der Waals surface area contributed by atoms with Crippen LogP contribution in [0.2, 0.25) is 0 Å². The number of aromatic nitrogens is 2. The third-order valence-corrected chi connectivity index (χ3v) is 2.59. The van der Waals surface area contributed by atoms with Crippen LogP contribution in [-0.2, 0) is 9.47 Å². The normalized spacial score (nSPS) is 15.2. The number of methoxy groups -OCH3 is 2. The second-order valence-electron chi connectivity index (χ2n) is 3.92. The molecular formula is C11H14N2O4. The molecule has 0 atom stereocenters. The quantitative estimate of drug-likeness (QED) is 0.779. The van der Waals surface area contributed by atoms with Crippen LogP contribution in [0.3, 0.4) is 0 Å². The smallest absolute Gasteiger partial charge is 0.354 e. The lowest BCUT2D eigenvalue weighted by atomic mass is 10.2. The zero-order valence-corrected chi connectivity index (χ0v) is 9.71. The van der Waals surface area contributed by atoms with Crippen molar-refractivity contribution in [1.29, 1.82) is 0 Å². The molecule has 0 unspecified atom stereocenters. The fraction of sp³-hybridized carbons (Fsp3) is 0.545. The van der Waals surface area contributed by atoms with Crippen molar-refractivity contribution in [3.05, 3.63) is 23.3 Å². The summed E-state index contributed by atoms with van der Waals surface area (Å²) in [5, 5.41) is 8.99. The SMILES string of the molecule is COC(OC)c1cc(C(=O)O)nc(C2CC2)n1. The molecule has 17 heavy (non-hydrogen) atoms. The first-order chi connectivity index (χ1) is 8.15. The van der Waals surface area contributed by atoms with Crippen LogP contribution in [0, 0.1) is 0 Å². The van der Waals surface area contributed by atoms with Gasteiger partial charge in [-0.05, 0) is 18.9 Å². The van der Waals surface area contributed by atoms with Crippen LogP contribution in [0.4, 0.5) is 0 Å². The van der Waals surface area contributed by atoms with Crippen molar-refractivity contribution in [3.63, 3.8) is 0 Å². The number of nitrogens with zero attached hydrogens (tertiary/aromatic N) is 2. The molecule has 1 aliphatic carbocycles. The molecule has 1 saturated carbocycles. The maximum absolute atomic E-state index is 11.0. The van der Waals surface area contributed by atoms with E-state index in [-0.39, 0.29) is 11.6 Å². The molecular weight excluding hydrogens is 224 g/mol. The molecule has 0 aliphatic heterocycles. The number of rotatable bonds is 5. The van der Waals surface area contributed by atoms with Gasteiger partial charge in [0.05, 0.1) is 0 Å². The molecule has 0 spiro atoms. The number of ether oxygens (including phenoxy) is 2. The minimum atomic E-state index is -1.07. The fourth-order valence-electron chi connectivity index (χ4n) is 1.58. The number of aromatic carboxylic acids is 1. The zero-order chi connectivity index (χ0) is 12.4. The summed E-state index contributed by atoms with van der Waals surface area (Å²) in [5.41, 5.74) is 0.431. The molecule has 1 aliphatic rings. The first kappa shape index (κ1) is 11.9. The van der Waals surface area contributed by atoms with Gasteiger partial charge in [-0.15, -0.1) is 0 Å². The number of carboxylic acids is 1. The zero-order valence-electron chi connectivity index (χ0n) is 9.71. The molecule has 92 valence electrons. The molecule has 6 nitrogen and oxygen atoms in total. The second kappa shape index (κ2) is 4.77. The van der Waals surface area contributed by atoms with Gasteiger partial charge in [0.25, 0.3) is 0 Å². The number of hydrogen-bond acceptors (Lipinski definition) is 5. The van der Waals surface area contributed by atoms with E-state index < -0.39 is 12.3 Å². The van der Waals surface area contributed by atoms with Crippen molar-refractivity contribution in [3.8, 4) is 0 Å². The molecule has 1 aromatic heterocycles. The van der Waals surface area contributed by atoms with Gasteiger partial charge in [0.15, 0.2) is 5.69 Å². The van der Waals surface area contributed by atoms with Crippen molar-refractivity contribution >= 4 is 5.97 Å². The van der Waals surface area contributed by atoms with Crippen LogP contribution in [-0.4, -0.2) is 35.3 Å². The van der Waals surface area contributed by atoms with Gasteiger partial charge < -0.3 is 14.6 Å². The van der Waals surface area contributed by atoms with Gasteiger partial charge in [-0.1, -0.05) is 0 Å². The van der Waals surface area contributed by atoms with E-state index in [4.69, 9.17) is 14.6 Å². The Morgan fingerprint density at radius 2 is 2.06 bits per heavy atom. The lowest BCUT2D eigenvalue weighted by molar-refractivity contribution is -0.108. The van der Waals surface area contributed by atoms with Crippen molar-refractivity contribution in [1.82, 2.24) is 9.97 Å². The van der Waals surface area contributed by atoms with E-state index in [1.165, 1.54) is 20.3 Å². The molecule has 6 heteroatoms. The van der Waals surface area contributed by atoms with Crippen molar-refractivity contribution in [2.75, 3.05) is 14.2 Å². The van der Waals surface area contributed by atoms with Gasteiger partial charge in [-0.25, -0.2) is 14.8 Å². The largest absolute Gasteiger partial charge is 0.477 e. The minimum Gasteiger partial charge on any atom is -0.477 e. The lowest BCUT2D eigenvalue weighted by Crippen LogP contribution is -2.12. The summed E-state index contributed by atoms with van der Waals surface area (Å²) in [6, 6.07) is 1.38. The van der Waals surface area contributed by atoms with Crippen molar-refractivity contribution in [2.45, 2.75) is 25.0 Å². The van der Waals surface area contributed by atoms with Crippen LogP contribution in [0.25, 0.3) is 0 Å². The second-order valence-corrected chi connectivity index (χ2v) is 3.92. The molecule has 1 N–H and O–H groups in total. The van der Waals surface area contributed by atoms with Crippen LogP contribution in [0.15, 0.2) is 6.07 Å². The number of hydrogen-bond donors (Lipinski definition) is 1. The molecule has 0 amide bonds. The summed E-state index contributed by atoms with van der Waals surface area (Å²) in [6.45, 7) is 0. The molecule has 0 bridgehead atoms. The van der Waals surface area contributed by atoms with Crippen LogP contribution in [0.5, 0.6) is 0 Å². The Balaban J connectivity index is 2.39. The fourth-order valence-corrected chi connectivity index (χ4v) is 1.58. The Bertz CT molecular complexity index is 427. The Kier molecular flexibility index (Phi) is 3.35. The van der Waals surface area contributed by atoms with E-state index in [0.717, 1.165) is 12.8 Å². The predicted octanol–water partition coefficient (Wildman–Crippen LogP) is 1.34. The van der Waals surface area contributed by atoms with Gasteiger partial charge >= 0.3 is 5.97 Å².